The average Bonchev–Trinajstić information content (AvgIpc) is 3.40. The second-order valence-corrected chi connectivity index (χ2v) is 6.45. The number of carbonyl (C=O) groups excluding carboxylic acids is 2. The molecule has 2 unspecified atom stereocenters. The molecule has 2 atom stereocenters. The molecule has 3 rings (SSSR count). The van der Waals surface area contributed by atoms with Crippen LogP contribution in [0, 0.1) is 11.8 Å². The molecule has 3 aliphatic rings. The van der Waals surface area contributed by atoms with Crippen molar-refractivity contribution in [2.24, 2.45) is 11.8 Å². The number of hydrogen-bond donors (Lipinski definition) is 0. The molecule has 1 heterocycles. The molecule has 0 aromatic carbocycles. The number of rotatable bonds is 4. The number of nitrogens with zero attached hydrogens (tertiary/aromatic N) is 2. The second kappa shape index (κ2) is 6.82. The van der Waals surface area contributed by atoms with Crippen molar-refractivity contribution in [1.82, 2.24) is 9.80 Å². The van der Waals surface area contributed by atoms with Gasteiger partial charge in [0.15, 0.2) is 0 Å². The zero-order valence-corrected chi connectivity index (χ0v) is 13.4. The van der Waals surface area contributed by atoms with Crippen molar-refractivity contribution >= 4 is 11.8 Å². The molecule has 2 fully saturated rings. The lowest BCUT2D eigenvalue weighted by atomic mass is 9.81. The maximum absolute atomic E-state index is 12.9. The van der Waals surface area contributed by atoms with Gasteiger partial charge >= 0.3 is 0 Å². The van der Waals surface area contributed by atoms with E-state index in [4.69, 9.17) is 4.74 Å². The Morgan fingerprint density at radius 2 is 1.77 bits per heavy atom. The van der Waals surface area contributed by atoms with Crippen LogP contribution in [0.4, 0.5) is 0 Å². The molecular weight excluding hydrogens is 280 g/mol. The monoisotopic (exact) mass is 306 g/mol. The van der Waals surface area contributed by atoms with E-state index in [0.29, 0.717) is 45.2 Å². The fourth-order valence-corrected chi connectivity index (χ4v) is 3.57. The molecule has 2 aliphatic carbocycles. The Labute approximate surface area is 132 Å². The summed E-state index contributed by atoms with van der Waals surface area (Å²) in [6.45, 7) is 5.31. The third kappa shape index (κ3) is 3.19. The van der Waals surface area contributed by atoms with Gasteiger partial charge in [0.05, 0.1) is 25.0 Å². The Kier molecular flexibility index (Phi) is 4.81. The molecule has 1 saturated carbocycles. The zero-order valence-electron chi connectivity index (χ0n) is 13.4. The van der Waals surface area contributed by atoms with Crippen LogP contribution in [0.1, 0.15) is 32.6 Å². The fraction of sp³-hybridized carbons (Fsp3) is 0.765. The van der Waals surface area contributed by atoms with E-state index >= 15 is 0 Å². The zero-order chi connectivity index (χ0) is 15.5. The van der Waals surface area contributed by atoms with Crippen molar-refractivity contribution in [3.8, 4) is 0 Å². The van der Waals surface area contributed by atoms with Crippen LogP contribution in [0.5, 0.6) is 0 Å². The van der Waals surface area contributed by atoms with Crippen molar-refractivity contribution in [3.05, 3.63) is 12.2 Å². The first-order valence-corrected chi connectivity index (χ1v) is 8.54. The van der Waals surface area contributed by atoms with Crippen molar-refractivity contribution in [2.45, 2.75) is 38.6 Å². The van der Waals surface area contributed by atoms with Gasteiger partial charge < -0.3 is 14.5 Å². The Morgan fingerprint density at radius 3 is 2.36 bits per heavy atom. The molecule has 1 saturated heterocycles. The third-order valence-electron chi connectivity index (χ3n) is 5.00. The topological polar surface area (TPSA) is 49.9 Å². The van der Waals surface area contributed by atoms with Gasteiger partial charge in [-0.05, 0) is 32.6 Å². The van der Waals surface area contributed by atoms with E-state index in [2.05, 4.69) is 12.2 Å². The standard InChI is InChI=1S/C17H26N2O3/c1-2-19(13-7-8-13)17(21)15-6-4-3-5-14(15)16(20)18-9-11-22-12-10-18/h3-4,13-15H,2,5-12H2,1H3. The van der Waals surface area contributed by atoms with Crippen LogP contribution in [-0.4, -0.2) is 60.5 Å². The van der Waals surface area contributed by atoms with E-state index in [0.717, 1.165) is 19.4 Å². The van der Waals surface area contributed by atoms with E-state index in [9.17, 15) is 9.59 Å². The van der Waals surface area contributed by atoms with Crippen LogP contribution in [0.3, 0.4) is 0 Å². The number of hydrogen-bond acceptors (Lipinski definition) is 3. The minimum Gasteiger partial charge on any atom is -0.378 e. The van der Waals surface area contributed by atoms with Crippen molar-refractivity contribution in [1.29, 1.82) is 0 Å². The molecule has 0 aromatic rings. The molecule has 22 heavy (non-hydrogen) atoms. The molecule has 0 aromatic heterocycles. The first-order valence-electron chi connectivity index (χ1n) is 8.54. The maximum atomic E-state index is 12.9. The predicted octanol–water partition coefficient (Wildman–Crippen LogP) is 1.44. The van der Waals surface area contributed by atoms with E-state index < -0.39 is 0 Å². The largest absolute Gasteiger partial charge is 0.378 e. The summed E-state index contributed by atoms with van der Waals surface area (Å²) in [6, 6.07) is 0.419. The SMILES string of the molecule is CCN(C(=O)C1CC=CCC1C(=O)N1CCOCC1)C1CC1. The minimum atomic E-state index is -0.191. The highest BCUT2D eigenvalue weighted by atomic mass is 16.5. The Hall–Kier alpha value is -1.36. The molecule has 5 heteroatoms. The molecule has 0 N–H and O–H groups in total. The van der Waals surface area contributed by atoms with Gasteiger partial charge in [0.1, 0.15) is 0 Å². The molecular formula is C17H26N2O3. The van der Waals surface area contributed by atoms with Crippen LogP contribution < -0.4 is 0 Å². The highest BCUT2D eigenvalue weighted by Gasteiger charge is 2.41. The number of ether oxygens (including phenoxy) is 1. The van der Waals surface area contributed by atoms with Gasteiger partial charge in [-0.25, -0.2) is 0 Å². The van der Waals surface area contributed by atoms with Crippen molar-refractivity contribution < 1.29 is 14.3 Å². The third-order valence-corrected chi connectivity index (χ3v) is 5.00. The number of morpholine rings is 1. The molecule has 2 amide bonds. The number of amides is 2. The smallest absolute Gasteiger partial charge is 0.227 e. The molecule has 0 spiro atoms. The lowest BCUT2D eigenvalue weighted by Crippen LogP contribution is -2.49. The van der Waals surface area contributed by atoms with Gasteiger partial charge in [-0.1, -0.05) is 12.2 Å². The van der Waals surface area contributed by atoms with E-state index in [1.165, 1.54) is 0 Å². The molecule has 0 radical (unpaired) electrons. The van der Waals surface area contributed by atoms with Crippen LogP contribution in [0.25, 0.3) is 0 Å². The summed E-state index contributed by atoms with van der Waals surface area (Å²) in [7, 11) is 0. The Balaban J connectivity index is 1.71. The molecule has 5 nitrogen and oxygen atoms in total. The van der Waals surface area contributed by atoms with Crippen LogP contribution in [-0.2, 0) is 14.3 Å². The first-order chi connectivity index (χ1) is 10.7. The summed E-state index contributed by atoms with van der Waals surface area (Å²) in [5.74, 6) is -0.0527. The summed E-state index contributed by atoms with van der Waals surface area (Å²) >= 11 is 0. The van der Waals surface area contributed by atoms with E-state index in [1.807, 2.05) is 16.7 Å². The normalized spacial score (nSPS) is 28.5. The van der Waals surface area contributed by atoms with Crippen LogP contribution in [0.15, 0.2) is 12.2 Å². The lowest BCUT2D eigenvalue weighted by Gasteiger charge is -2.36. The minimum absolute atomic E-state index is 0.137. The van der Waals surface area contributed by atoms with Gasteiger partial charge in [0, 0.05) is 25.7 Å². The number of allylic oxidation sites excluding steroid dienone is 2. The first kappa shape index (κ1) is 15.5. The van der Waals surface area contributed by atoms with Gasteiger partial charge in [-0.2, -0.15) is 0 Å². The quantitative estimate of drug-likeness (QED) is 0.739. The fourth-order valence-electron chi connectivity index (χ4n) is 3.57. The molecule has 1 aliphatic heterocycles. The van der Waals surface area contributed by atoms with E-state index in [1.54, 1.807) is 0 Å². The Bertz CT molecular complexity index is 453. The summed E-state index contributed by atoms with van der Waals surface area (Å²) < 4.78 is 5.32. The highest BCUT2D eigenvalue weighted by molar-refractivity contribution is 5.88. The lowest BCUT2D eigenvalue weighted by molar-refractivity contribution is -0.149. The van der Waals surface area contributed by atoms with Gasteiger partial charge in [-0.3, -0.25) is 9.59 Å². The molecule has 0 bridgehead atoms. The van der Waals surface area contributed by atoms with Gasteiger partial charge in [0.2, 0.25) is 11.8 Å². The van der Waals surface area contributed by atoms with Crippen LogP contribution in [0.2, 0.25) is 0 Å². The second-order valence-electron chi connectivity index (χ2n) is 6.45. The maximum Gasteiger partial charge on any atom is 0.227 e. The van der Waals surface area contributed by atoms with Crippen molar-refractivity contribution in [2.75, 3.05) is 32.8 Å². The molecule has 122 valence electrons. The summed E-state index contributed by atoms with van der Waals surface area (Å²) in [5, 5.41) is 0. The van der Waals surface area contributed by atoms with Crippen molar-refractivity contribution in [3.63, 3.8) is 0 Å². The number of carbonyl (C=O) groups is 2. The van der Waals surface area contributed by atoms with E-state index in [-0.39, 0.29) is 23.7 Å². The summed E-state index contributed by atoms with van der Waals surface area (Å²) in [5.41, 5.74) is 0. The van der Waals surface area contributed by atoms with Gasteiger partial charge in [-0.15, -0.1) is 0 Å². The van der Waals surface area contributed by atoms with Gasteiger partial charge in [0.25, 0.3) is 0 Å². The Morgan fingerprint density at radius 1 is 1.14 bits per heavy atom. The average molecular weight is 306 g/mol. The summed E-state index contributed by atoms with van der Waals surface area (Å²) in [4.78, 5) is 29.6. The van der Waals surface area contributed by atoms with Crippen LogP contribution >= 0.6 is 0 Å². The highest BCUT2D eigenvalue weighted by Crippen LogP contribution is 2.34. The predicted molar refractivity (Wildman–Crippen MR) is 83.2 cm³/mol. The summed E-state index contributed by atoms with van der Waals surface area (Å²) in [6.07, 6.45) is 7.73.